The van der Waals surface area contributed by atoms with Crippen LogP contribution < -0.4 is 33.3 Å². The highest BCUT2D eigenvalue weighted by Crippen LogP contribution is 2.44. The van der Waals surface area contributed by atoms with Crippen molar-refractivity contribution in [1.82, 2.24) is 9.97 Å². The van der Waals surface area contributed by atoms with Crippen LogP contribution in [0.1, 0.15) is 6.92 Å². The van der Waals surface area contributed by atoms with E-state index in [1.807, 2.05) is 38.1 Å². The molecule has 3 aromatic rings. The highest BCUT2D eigenvalue weighted by Gasteiger charge is 2.22. The van der Waals surface area contributed by atoms with Gasteiger partial charge in [0.2, 0.25) is 11.7 Å². The van der Waals surface area contributed by atoms with Gasteiger partial charge in [-0.1, -0.05) is 0 Å². The van der Waals surface area contributed by atoms with Crippen LogP contribution in [0.4, 0.5) is 5.95 Å². The number of anilines is 1. The lowest BCUT2D eigenvalue weighted by Gasteiger charge is -2.21. The molecule has 0 fully saturated rings. The number of nitrogens with zero attached hydrogens (tertiary/aromatic N) is 3. The molecule has 0 bridgehead atoms. The molecule has 1 aromatic heterocycles. The fraction of sp³-hybridized carbons (Fsp3) is 0.407. The number of methoxy groups -OCH3 is 6. The maximum atomic E-state index is 5.89. The van der Waals surface area contributed by atoms with Crippen LogP contribution in [0.2, 0.25) is 0 Å². The van der Waals surface area contributed by atoms with Gasteiger partial charge in [-0.15, -0.1) is 0 Å². The summed E-state index contributed by atoms with van der Waals surface area (Å²) in [5, 5.41) is 0. The predicted octanol–water partition coefficient (Wildman–Crippen LogP) is 4.26. The number of hydrogen-bond acceptors (Lipinski definition) is 11. The Morgan fingerprint density at radius 3 is 1.74 bits per heavy atom. The van der Waals surface area contributed by atoms with E-state index in [1.165, 1.54) is 7.11 Å². The Hall–Kier alpha value is -3.96. The molecule has 38 heavy (non-hydrogen) atoms. The van der Waals surface area contributed by atoms with Gasteiger partial charge in [-0.3, -0.25) is 0 Å². The van der Waals surface area contributed by atoms with E-state index in [4.69, 9.17) is 47.9 Å². The molecule has 11 nitrogen and oxygen atoms in total. The van der Waals surface area contributed by atoms with E-state index in [2.05, 4.69) is 0 Å². The third-order valence-electron chi connectivity index (χ3n) is 5.56. The largest absolute Gasteiger partial charge is 0.496 e. The van der Waals surface area contributed by atoms with Crippen molar-refractivity contribution in [3.8, 4) is 57.0 Å². The molecule has 2 aromatic carbocycles. The van der Waals surface area contributed by atoms with Gasteiger partial charge in [0.05, 0.1) is 53.5 Å². The maximum absolute atomic E-state index is 5.89. The minimum atomic E-state index is -0.933. The molecule has 0 amide bonds. The van der Waals surface area contributed by atoms with Gasteiger partial charge in [-0.05, 0) is 31.2 Å². The summed E-state index contributed by atoms with van der Waals surface area (Å²) in [4.78, 5) is 11.3. The lowest BCUT2D eigenvalue weighted by Crippen LogP contribution is -2.23. The van der Waals surface area contributed by atoms with Crippen LogP contribution >= 0.6 is 0 Å². The highest BCUT2D eigenvalue weighted by molar-refractivity contribution is 5.77. The molecular weight excluding hydrogens is 494 g/mol. The average Bonchev–Trinajstić information content (AvgIpc) is 2.95. The summed E-state index contributed by atoms with van der Waals surface area (Å²) >= 11 is 0. The number of benzene rings is 2. The third-order valence-corrected chi connectivity index (χ3v) is 5.56. The van der Waals surface area contributed by atoms with Crippen LogP contribution in [-0.2, 0) is 9.47 Å². The third kappa shape index (κ3) is 6.12. The second-order valence-electron chi connectivity index (χ2n) is 8.05. The Balaban J connectivity index is 2.21. The zero-order valence-corrected chi connectivity index (χ0v) is 23.3. The van der Waals surface area contributed by atoms with Gasteiger partial charge in [-0.2, -0.15) is 0 Å². The number of ether oxygens (including phenoxy) is 8. The van der Waals surface area contributed by atoms with E-state index in [9.17, 15) is 0 Å². The molecule has 1 atom stereocenters. The van der Waals surface area contributed by atoms with E-state index >= 15 is 0 Å². The first-order valence-corrected chi connectivity index (χ1v) is 11.8. The predicted molar refractivity (Wildman–Crippen MR) is 143 cm³/mol. The van der Waals surface area contributed by atoms with Crippen LogP contribution in [0, 0.1) is 0 Å². The first-order chi connectivity index (χ1) is 18.3. The van der Waals surface area contributed by atoms with Crippen LogP contribution in [-0.4, -0.2) is 79.8 Å². The van der Waals surface area contributed by atoms with E-state index in [-0.39, 0.29) is 0 Å². The molecule has 0 aliphatic heterocycles. The molecule has 3 rings (SSSR count). The Kier molecular flexibility index (Phi) is 9.80. The van der Waals surface area contributed by atoms with Crippen molar-refractivity contribution in [2.75, 3.05) is 68.3 Å². The number of aromatic nitrogens is 2. The van der Waals surface area contributed by atoms with Crippen molar-refractivity contribution in [3.63, 3.8) is 0 Å². The quantitative estimate of drug-likeness (QED) is 0.297. The van der Waals surface area contributed by atoms with E-state index in [1.54, 1.807) is 53.7 Å². The summed E-state index contributed by atoms with van der Waals surface area (Å²) in [5.41, 5.74) is 2.65. The van der Waals surface area contributed by atoms with Crippen molar-refractivity contribution >= 4 is 5.95 Å². The first kappa shape index (κ1) is 28.6. The molecule has 0 saturated heterocycles. The number of rotatable bonds is 13. The van der Waals surface area contributed by atoms with Gasteiger partial charge in [-0.25, -0.2) is 9.97 Å². The van der Waals surface area contributed by atoms with E-state index < -0.39 is 6.48 Å². The van der Waals surface area contributed by atoms with Gasteiger partial charge < -0.3 is 42.8 Å². The van der Waals surface area contributed by atoms with Crippen molar-refractivity contribution in [3.05, 3.63) is 30.3 Å². The monoisotopic (exact) mass is 529 g/mol. The Morgan fingerprint density at radius 1 is 0.684 bits per heavy atom. The van der Waals surface area contributed by atoms with Crippen LogP contribution in [0.3, 0.4) is 0 Å². The molecule has 0 N–H and O–H groups in total. The molecule has 0 radical (unpaired) electrons. The van der Waals surface area contributed by atoms with Crippen LogP contribution in [0.25, 0.3) is 22.5 Å². The van der Waals surface area contributed by atoms with Gasteiger partial charge in [0.25, 0.3) is 0 Å². The Labute approximate surface area is 223 Å². The summed E-state index contributed by atoms with van der Waals surface area (Å²) < 4.78 is 44.5. The molecule has 0 saturated carbocycles. The summed E-state index contributed by atoms with van der Waals surface area (Å²) in [6.07, 6.45) is 0. The SMILES string of the molecule is CCOC(OC)Oc1c(OC)cc(-c2cc(-c3cc(OC)c(OC)cc3OC)nc(N(C)C)n2)cc1OC. The van der Waals surface area contributed by atoms with Crippen molar-refractivity contribution in [2.45, 2.75) is 13.4 Å². The lowest BCUT2D eigenvalue weighted by atomic mass is 10.0. The topological polar surface area (TPSA) is 103 Å². The van der Waals surface area contributed by atoms with Crippen LogP contribution in [0.5, 0.6) is 34.5 Å². The number of hydrogen-bond donors (Lipinski definition) is 0. The molecule has 0 spiro atoms. The molecule has 11 heteroatoms. The highest BCUT2D eigenvalue weighted by atomic mass is 16.8. The molecule has 0 aliphatic rings. The Morgan fingerprint density at radius 2 is 1.24 bits per heavy atom. The Bertz CT molecular complexity index is 1210. The average molecular weight is 530 g/mol. The zero-order valence-electron chi connectivity index (χ0n) is 23.3. The van der Waals surface area contributed by atoms with Crippen LogP contribution in [0.15, 0.2) is 30.3 Å². The smallest absolute Gasteiger partial charge is 0.315 e. The first-order valence-electron chi connectivity index (χ1n) is 11.8. The minimum Gasteiger partial charge on any atom is -0.496 e. The second-order valence-corrected chi connectivity index (χ2v) is 8.05. The fourth-order valence-electron chi connectivity index (χ4n) is 3.68. The maximum Gasteiger partial charge on any atom is 0.315 e. The lowest BCUT2D eigenvalue weighted by molar-refractivity contribution is -0.231. The van der Waals surface area contributed by atoms with Gasteiger partial charge in [0.15, 0.2) is 23.0 Å². The fourth-order valence-corrected chi connectivity index (χ4v) is 3.68. The summed E-state index contributed by atoms with van der Waals surface area (Å²) in [5.74, 6) is 3.31. The van der Waals surface area contributed by atoms with Crippen molar-refractivity contribution in [2.24, 2.45) is 0 Å². The second kappa shape index (κ2) is 13.0. The molecule has 1 unspecified atom stereocenters. The normalized spacial score (nSPS) is 11.5. The zero-order chi connectivity index (χ0) is 27.8. The van der Waals surface area contributed by atoms with E-state index in [0.717, 1.165) is 0 Å². The standard InChI is InChI=1S/C27H35N3O8/c1-10-37-27(36-9)38-25-23(34-7)11-16(12-24(25)35-8)18-14-19(29-26(28-18)30(2)3)17-13-21(32-5)22(33-6)15-20(17)31-4/h11-15,27H,10H2,1-9H3. The van der Waals surface area contributed by atoms with Crippen molar-refractivity contribution < 1.29 is 37.9 Å². The molecule has 0 aliphatic carbocycles. The molecular formula is C27H35N3O8. The summed E-state index contributed by atoms with van der Waals surface area (Å²) in [7, 11) is 13.0. The minimum absolute atomic E-state index is 0.336. The summed E-state index contributed by atoms with van der Waals surface area (Å²) in [6.45, 7) is 1.31. The van der Waals surface area contributed by atoms with E-state index in [0.29, 0.717) is 69.6 Å². The summed E-state index contributed by atoms with van der Waals surface area (Å²) in [6, 6.07) is 9.03. The van der Waals surface area contributed by atoms with Gasteiger partial charge >= 0.3 is 6.48 Å². The van der Waals surface area contributed by atoms with Gasteiger partial charge in [0.1, 0.15) is 5.75 Å². The molecule has 1 heterocycles. The molecule has 206 valence electrons. The van der Waals surface area contributed by atoms with Crippen molar-refractivity contribution in [1.29, 1.82) is 0 Å². The van der Waals surface area contributed by atoms with Gasteiger partial charge in [0, 0.05) is 38.4 Å².